The zero-order chi connectivity index (χ0) is 17.8. The molecular formula is C19H15F2NO3. The van der Waals surface area contributed by atoms with E-state index in [1.807, 2.05) is 18.2 Å². The van der Waals surface area contributed by atoms with Crippen molar-refractivity contribution < 1.29 is 23.4 Å². The Morgan fingerprint density at radius 3 is 2.64 bits per heavy atom. The molecule has 3 aromatic rings. The second-order valence-electron chi connectivity index (χ2n) is 5.21. The van der Waals surface area contributed by atoms with Gasteiger partial charge >= 0.3 is 6.61 Å². The summed E-state index contributed by atoms with van der Waals surface area (Å²) in [5, 5.41) is 10.7. The van der Waals surface area contributed by atoms with Crippen molar-refractivity contribution in [2.75, 3.05) is 7.11 Å². The largest absolute Gasteiger partial charge is 0.506 e. The minimum Gasteiger partial charge on any atom is -0.506 e. The molecule has 4 nitrogen and oxygen atoms in total. The fraction of sp³-hybridized carbons (Fsp3) is 0.105. The standard InChI is InChI=1S/C19H15F2NO3/c1-24-17-11-12(6-10-16(17)25-19(20)21)5-8-14-9-7-13-3-2-4-15(23)18(13)22-14/h2-11,19,23H,1H3. The molecule has 0 spiro atoms. The summed E-state index contributed by atoms with van der Waals surface area (Å²) in [6.45, 7) is -2.91. The molecule has 0 amide bonds. The molecule has 2 aromatic carbocycles. The molecule has 1 heterocycles. The number of aromatic hydroxyl groups is 1. The van der Waals surface area contributed by atoms with Crippen LogP contribution in [0, 0.1) is 0 Å². The number of benzene rings is 2. The van der Waals surface area contributed by atoms with E-state index in [2.05, 4.69) is 9.72 Å². The summed E-state index contributed by atoms with van der Waals surface area (Å²) in [5.41, 5.74) is 1.90. The van der Waals surface area contributed by atoms with Crippen LogP contribution < -0.4 is 9.47 Å². The van der Waals surface area contributed by atoms with Gasteiger partial charge in [0.2, 0.25) is 0 Å². The van der Waals surface area contributed by atoms with Crippen molar-refractivity contribution in [2.24, 2.45) is 0 Å². The smallest absolute Gasteiger partial charge is 0.387 e. The van der Waals surface area contributed by atoms with Crippen LogP contribution in [0.1, 0.15) is 11.3 Å². The number of phenolic OH excluding ortho intramolecular Hbond substituents is 1. The SMILES string of the molecule is COc1cc(C=Cc2ccc3cccc(O)c3n2)ccc1OC(F)F. The van der Waals surface area contributed by atoms with E-state index >= 15 is 0 Å². The van der Waals surface area contributed by atoms with Gasteiger partial charge in [-0.25, -0.2) is 4.98 Å². The number of halogens is 2. The molecule has 6 heteroatoms. The number of phenols is 1. The van der Waals surface area contributed by atoms with Crippen LogP contribution in [0.2, 0.25) is 0 Å². The van der Waals surface area contributed by atoms with Gasteiger partial charge in [-0.15, -0.1) is 0 Å². The highest BCUT2D eigenvalue weighted by molar-refractivity contribution is 5.85. The molecule has 128 valence electrons. The second kappa shape index (κ2) is 7.17. The Balaban J connectivity index is 1.87. The first kappa shape index (κ1) is 16.7. The van der Waals surface area contributed by atoms with E-state index in [9.17, 15) is 13.9 Å². The van der Waals surface area contributed by atoms with Crippen LogP contribution in [0.15, 0.2) is 48.5 Å². The van der Waals surface area contributed by atoms with Gasteiger partial charge in [-0.05, 0) is 35.9 Å². The third-order valence-electron chi connectivity index (χ3n) is 3.57. The van der Waals surface area contributed by atoms with E-state index in [0.29, 0.717) is 11.2 Å². The summed E-state index contributed by atoms with van der Waals surface area (Å²) in [7, 11) is 1.38. The molecule has 1 N–H and O–H groups in total. The number of fused-ring (bicyclic) bond motifs is 1. The Bertz CT molecular complexity index is 926. The maximum absolute atomic E-state index is 12.3. The Morgan fingerprint density at radius 1 is 1.04 bits per heavy atom. The van der Waals surface area contributed by atoms with Crippen LogP contribution in [-0.4, -0.2) is 23.8 Å². The Morgan fingerprint density at radius 2 is 1.88 bits per heavy atom. The first-order chi connectivity index (χ1) is 12.1. The Kier molecular flexibility index (Phi) is 4.79. The van der Waals surface area contributed by atoms with Gasteiger partial charge in [-0.2, -0.15) is 8.78 Å². The normalized spacial score (nSPS) is 11.4. The third kappa shape index (κ3) is 3.85. The topological polar surface area (TPSA) is 51.6 Å². The number of ether oxygens (including phenoxy) is 2. The molecule has 0 aliphatic carbocycles. The highest BCUT2D eigenvalue weighted by atomic mass is 19.3. The van der Waals surface area contributed by atoms with Crippen LogP contribution in [0.4, 0.5) is 8.78 Å². The molecule has 0 saturated carbocycles. The number of hydrogen-bond acceptors (Lipinski definition) is 4. The molecule has 0 radical (unpaired) electrons. The van der Waals surface area contributed by atoms with E-state index in [0.717, 1.165) is 10.9 Å². The summed E-state index contributed by atoms with van der Waals surface area (Å²) in [4.78, 5) is 4.40. The highest BCUT2D eigenvalue weighted by Gasteiger charge is 2.10. The van der Waals surface area contributed by atoms with Gasteiger partial charge in [0.1, 0.15) is 11.3 Å². The van der Waals surface area contributed by atoms with Crippen LogP contribution >= 0.6 is 0 Å². The van der Waals surface area contributed by atoms with Crippen LogP contribution in [0.25, 0.3) is 23.1 Å². The quantitative estimate of drug-likeness (QED) is 0.728. The zero-order valence-electron chi connectivity index (χ0n) is 13.3. The third-order valence-corrected chi connectivity index (χ3v) is 3.57. The molecule has 1 aromatic heterocycles. The molecule has 0 atom stereocenters. The van der Waals surface area contributed by atoms with Gasteiger partial charge in [0, 0.05) is 5.39 Å². The maximum Gasteiger partial charge on any atom is 0.387 e. The summed E-state index contributed by atoms with van der Waals surface area (Å²) < 4.78 is 34.2. The number of hydrogen-bond donors (Lipinski definition) is 1. The Labute approximate surface area is 143 Å². The highest BCUT2D eigenvalue weighted by Crippen LogP contribution is 2.30. The minimum atomic E-state index is -2.91. The number of nitrogens with zero attached hydrogens (tertiary/aromatic N) is 1. The van der Waals surface area contributed by atoms with E-state index < -0.39 is 6.61 Å². The lowest BCUT2D eigenvalue weighted by Gasteiger charge is -2.10. The van der Waals surface area contributed by atoms with E-state index in [1.165, 1.54) is 13.2 Å². The molecule has 0 fully saturated rings. The van der Waals surface area contributed by atoms with Gasteiger partial charge in [0.25, 0.3) is 0 Å². The van der Waals surface area contributed by atoms with Crippen molar-refractivity contribution in [3.8, 4) is 17.2 Å². The van der Waals surface area contributed by atoms with Crippen LogP contribution in [0.5, 0.6) is 17.2 Å². The summed E-state index contributed by atoms with van der Waals surface area (Å²) >= 11 is 0. The lowest BCUT2D eigenvalue weighted by atomic mass is 10.1. The first-order valence-corrected chi connectivity index (χ1v) is 7.46. The summed E-state index contributed by atoms with van der Waals surface area (Å²) in [5.74, 6) is 0.304. The van der Waals surface area contributed by atoms with E-state index in [1.54, 1.807) is 36.4 Å². The molecule has 0 aliphatic rings. The summed E-state index contributed by atoms with van der Waals surface area (Å²) in [6, 6.07) is 13.5. The van der Waals surface area contributed by atoms with Crippen molar-refractivity contribution in [3.05, 3.63) is 59.8 Å². The van der Waals surface area contributed by atoms with Crippen molar-refractivity contribution in [3.63, 3.8) is 0 Å². The molecule has 25 heavy (non-hydrogen) atoms. The lowest BCUT2D eigenvalue weighted by molar-refractivity contribution is -0.0512. The average molecular weight is 343 g/mol. The van der Waals surface area contributed by atoms with Crippen molar-refractivity contribution in [1.29, 1.82) is 0 Å². The van der Waals surface area contributed by atoms with Gasteiger partial charge in [-0.3, -0.25) is 0 Å². The van der Waals surface area contributed by atoms with Crippen molar-refractivity contribution >= 4 is 23.1 Å². The number of methoxy groups -OCH3 is 1. The van der Waals surface area contributed by atoms with Crippen LogP contribution in [-0.2, 0) is 0 Å². The van der Waals surface area contributed by atoms with Crippen LogP contribution in [0.3, 0.4) is 0 Å². The first-order valence-electron chi connectivity index (χ1n) is 7.46. The van der Waals surface area contributed by atoms with Crippen molar-refractivity contribution in [1.82, 2.24) is 4.98 Å². The average Bonchev–Trinajstić information content (AvgIpc) is 2.61. The number of pyridine rings is 1. The van der Waals surface area contributed by atoms with Crippen molar-refractivity contribution in [2.45, 2.75) is 6.61 Å². The van der Waals surface area contributed by atoms with Gasteiger partial charge in [0.05, 0.1) is 12.8 Å². The maximum atomic E-state index is 12.3. The predicted octanol–water partition coefficient (Wildman–Crippen LogP) is 4.72. The fourth-order valence-corrected chi connectivity index (χ4v) is 2.40. The molecule has 0 saturated heterocycles. The predicted molar refractivity (Wildman–Crippen MR) is 92.0 cm³/mol. The van der Waals surface area contributed by atoms with Gasteiger partial charge in [0.15, 0.2) is 11.5 Å². The molecule has 0 bridgehead atoms. The second-order valence-corrected chi connectivity index (χ2v) is 5.21. The molecular weight excluding hydrogens is 328 g/mol. The summed E-state index contributed by atoms with van der Waals surface area (Å²) in [6.07, 6.45) is 3.52. The molecule has 0 aliphatic heterocycles. The number of aromatic nitrogens is 1. The lowest BCUT2D eigenvalue weighted by Crippen LogP contribution is -2.03. The molecule has 0 unspecified atom stereocenters. The fourth-order valence-electron chi connectivity index (χ4n) is 2.40. The minimum absolute atomic E-state index is 0.0246. The number of alkyl halides is 2. The Hall–Kier alpha value is -3.15. The monoisotopic (exact) mass is 343 g/mol. The van der Waals surface area contributed by atoms with Gasteiger partial charge < -0.3 is 14.6 Å². The zero-order valence-corrected chi connectivity index (χ0v) is 13.3. The van der Waals surface area contributed by atoms with Gasteiger partial charge in [-0.1, -0.05) is 30.3 Å². The van der Waals surface area contributed by atoms with E-state index in [-0.39, 0.29) is 17.2 Å². The number of para-hydroxylation sites is 1. The van der Waals surface area contributed by atoms with E-state index in [4.69, 9.17) is 4.74 Å². The number of rotatable bonds is 5. The molecule has 3 rings (SSSR count).